The Morgan fingerprint density at radius 2 is 2.53 bits per heavy atom. The minimum atomic E-state index is 0.0415. The van der Waals surface area contributed by atoms with E-state index in [1.165, 1.54) is 11.3 Å². The van der Waals surface area contributed by atoms with Gasteiger partial charge in [-0.1, -0.05) is 11.3 Å². The molecule has 1 saturated heterocycles. The molecule has 1 aliphatic heterocycles. The van der Waals surface area contributed by atoms with Crippen molar-refractivity contribution in [1.82, 2.24) is 15.5 Å². The fourth-order valence-electron chi connectivity index (χ4n) is 1.67. The molecule has 82 valence electrons. The molecule has 1 aromatic heterocycles. The average molecular weight is 226 g/mol. The van der Waals surface area contributed by atoms with Crippen molar-refractivity contribution < 1.29 is 4.79 Å². The van der Waals surface area contributed by atoms with Gasteiger partial charge in [0.25, 0.3) is 0 Å². The summed E-state index contributed by atoms with van der Waals surface area (Å²) in [5.41, 5.74) is 0. The van der Waals surface area contributed by atoms with Gasteiger partial charge in [0.2, 0.25) is 11.0 Å². The minimum Gasteiger partial charge on any atom is -0.316 e. The van der Waals surface area contributed by atoms with Gasteiger partial charge in [-0.2, -0.15) is 0 Å². The molecule has 5 nitrogen and oxygen atoms in total. The van der Waals surface area contributed by atoms with Gasteiger partial charge < -0.3 is 10.6 Å². The maximum Gasteiger partial charge on any atom is 0.226 e. The second kappa shape index (κ2) is 4.67. The third kappa shape index (κ3) is 2.97. The normalized spacial score (nSPS) is 20.5. The molecule has 0 aliphatic carbocycles. The van der Waals surface area contributed by atoms with Crippen LogP contribution < -0.4 is 10.6 Å². The fraction of sp³-hybridized carbons (Fsp3) is 0.667. The Morgan fingerprint density at radius 3 is 3.13 bits per heavy atom. The first-order valence-corrected chi connectivity index (χ1v) is 5.86. The van der Waals surface area contributed by atoms with Crippen LogP contribution in [0.1, 0.15) is 17.8 Å². The van der Waals surface area contributed by atoms with Crippen LogP contribution in [-0.4, -0.2) is 29.2 Å². The molecule has 6 heteroatoms. The van der Waals surface area contributed by atoms with Crippen LogP contribution in [0.3, 0.4) is 0 Å². The fourth-order valence-corrected chi connectivity index (χ4v) is 2.28. The van der Waals surface area contributed by atoms with Crippen molar-refractivity contribution in [2.45, 2.75) is 19.8 Å². The lowest BCUT2D eigenvalue weighted by molar-refractivity contribution is -0.116. The van der Waals surface area contributed by atoms with Crippen LogP contribution in [0.5, 0.6) is 0 Å². The van der Waals surface area contributed by atoms with E-state index in [9.17, 15) is 4.79 Å². The van der Waals surface area contributed by atoms with Crippen LogP contribution in [-0.2, 0) is 4.79 Å². The predicted molar refractivity (Wildman–Crippen MR) is 58.9 cm³/mol. The largest absolute Gasteiger partial charge is 0.316 e. The van der Waals surface area contributed by atoms with Crippen LogP contribution in [0.15, 0.2) is 0 Å². The summed E-state index contributed by atoms with van der Waals surface area (Å²) in [5, 5.41) is 15.2. The maximum atomic E-state index is 11.6. The van der Waals surface area contributed by atoms with Crippen LogP contribution >= 0.6 is 11.3 Å². The van der Waals surface area contributed by atoms with Gasteiger partial charge in [0.05, 0.1) is 0 Å². The summed E-state index contributed by atoms with van der Waals surface area (Å²) in [4.78, 5) is 11.6. The smallest absolute Gasteiger partial charge is 0.226 e. The first-order valence-electron chi connectivity index (χ1n) is 5.04. The molecule has 1 amide bonds. The molecule has 2 heterocycles. The van der Waals surface area contributed by atoms with Crippen LogP contribution in [0.4, 0.5) is 5.13 Å². The third-order valence-electron chi connectivity index (χ3n) is 2.41. The molecule has 1 atom stereocenters. The van der Waals surface area contributed by atoms with Crippen molar-refractivity contribution in [2.75, 3.05) is 18.4 Å². The Hall–Kier alpha value is -1.01. The van der Waals surface area contributed by atoms with Gasteiger partial charge in [-0.25, -0.2) is 0 Å². The summed E-state index contributed by atoms with van der Waals surface area (Å²) < 4.78 is 0. The number of hydrogen-bond acceptors (Lipinski definition) is 5. The van der Waals surface area contributed by atoms with Crippen LogP contribution in [0.2, 0.25) is 0 Å². The van der Waals surface area contributed by atoms with Crippen LogP contribution in [0, 0.1) is 12.8 Å². The summed E-state index contributed by atoms with van der Waals surface area (Å²) in [6.07, 6.45) is 1.66. The second-order valence-electron chi connectivity index (χ2n) is 3.74. The van der Waals surface area contributed by atoms with Crippen molar-refractivity contribution in [3.8, 4) is 0 Å². The van der Waals surface area contributed by atoms with Crippen molar-refractivity contribution in [3.05, 3.63) is 5.01 Å². The van der Waals surface area contributed by atoms with E-state index in [0.717, 1.165) is 24.5 Å². The molecule has 0 radical (unpaired) electrons. The molecule has 0 saturated carbocycles. The molecule has 2 rings (SSSR count). The molecule has 0 bridgehead atoms. The number of hydrogen-bond donors (Lipinski definition) is 2. The number of nitrogens with one attached hydrogen (secondary N) is 2. The molecule has 1 aromatic rings. The van der Waals surface area contributed by atoms with Crippen molar-refractivity contribution >= 4 is 22.4 Å². The number of rotatable bonds is 3. The molecule has 15 heavy (non-hydrogen) atoms. The first-order chi connectivity index (χ1) is 7.24. The van der Waals surface area contributed by atoms with E-state index in [4.69, 9.17) is 0 Å². The molecular weight excluding hydrogens is 212 g/mol. The van der Waals surface area contributed by atoms with Crippen molar-refractivity contribution in [1.29, 1.82) is 0 Å². The van der Waals surface area contributed by atoms with E-state index in [2.05, 4.69) is 20.8 Å². The van der Waals surface area contributed by atoms with Gasteiger partial charge in [-0.3, -0.25) is 4.79 Å². The number of amides is 1. The maximum absolute atomic E-state index is 11.6. The van der Waals surface area contributed by atoms with Crippen LogP contribution in [0.25, 0.3) is 0 Å². The zero-order valence-corrected chi connectivity index (χ0v) is 9.43. The quantitative estimate of drug-likeness (QED) is 0.799. The number of carbonyl (C=O) groups is 1. The van der Waals surface area contributed by atoms with E-state index >= 15 is 0 Å². The van der Waals surface area contributed by atoms with E-state index in [1.807, 2.05) is 6.92 Å². The Morgan fingerprint density at radius 1 is 1.67 bits per heavy atom. The molecule has 0 spiro atoms. The molecular formula is C9H14N4OS. The Labute approximate surface area is 92.3 Å². The standard InChI is InChI=1S/C9H14N4OS/c1-6-12-13-9(15-6)11-8(14)4-7-2-3-10-5-7/h7,10H,2-5H2,1H3,(H,11,13,14). The Bertz CT molecular complexity index is 346. The summed E-state index contributed by atoms with van der Waals surface area (Å²) in [7, 11) is 0. The number of nitrogens with zero attached hydrogens (tertiary/aromatic N) is 2. The summed E-state index contributed by atoms with van der Waals surface area (Å²) in [5.74, 6) is 0.513. The first kappa shape index (κ1) is 10.5. The van der Waals surface area contributed by atoms with E-state index in [0.29, 0.717) is 17.5 Å². The number of aryl methyl sites for hydroxylation is 1. The minimum absolute atomic E-state index is 0.0415. The lowest BCUT2D eigenvalue weighted by Gasteiger charge is -2.06. The highest BCUT2D eigenvalue weighted by Gasteiger charge is 2.18. The highest BCUT2D eigenvalue weighted by atomic mass is 32.1. The summed E-state index contributed by atoms with van der Waals surface area (Å²) >= 11 is 1.40. The molecule has 2 N–H and O–H groups in total. The van der Waals surface area contributed by atoms with Gasteiger partial charge in [-0.05, 0) is 32.4 Å². The Balaban J connectivity index is 1.81. The highest BCUT2D eigenvalue weighted by Crippen LogP contribution is 2.16. The van der Waals surface area contributed by atoms with E-state index in [1.54, 1.807) is 0 Å². The second-order valence-corrected chi connectivity index (χ2v) is 4.92. The van der Waals surface area contributed by atoms with E-state index < -0.39 is 0 Å². The predicted octanol–water partition coefficient (Wildman–Crippen LogP) is 0.785. The molecule has 0 aromatic carbocycles. The Kier molecular flexibility index (Phi) is 3.27. The number of aromatic nitrogens is 2. The lowest BCUT2D eigenvalue weighted by Crippen LogP contribution is -2.18. The molecule has 1 unspecified atom stereocenters. The number of anilines is 1. The molecule has 1 aliphatic rings. The van der Waals surface area contributed by atoms with E-state index in [-0.39, 0.29) is 5.91 Å². The third-order valence-corrected chi connectivity index (χ3v) is 3.16. The van der Waals surface area contributed by atoms with Gasteiger partial charge in [0.1, 0.15) is 5.01 Å². The summed E-state index contributed by atoms with van der Waals surface area (Å²) in [6.45, 7) is 3.84. The monoisotopic (exact) mass is 226 g/mol. The molecule has 1 fully saturated rings. The number of carbonyl (C=O) groups excluding carboxylic acids is 1. The zero-order valence-electron chi connectivity index (χ0n) is 8.62. The van der Waals surface area contributed by atoms with Gasteiger partial charge in [0, 0.05) is 6.42 Å². The highest BCUT2D eigenvalue weighted by molar-refractivity contribution is 7.15. The topological polar surface area (TPSA) is 66.9 Å². The van der Waals surface area contributed by atoms with Crippen molar-refractivity contribution in [3.63, 3.8) is 0 Å². The van der Waals surface area contributed by atoms with Gasteiger partial charge in [0.15, 0.2) is 0 Å². The van der Waals surface area contributed by atoms with Gasteiger partial charge in [-0.15, -0.1) is 10.2 Å². The summed E-state index contributed by atoms with van der Waals surface area (Å²) in [6, 6.07) is 0. The zero-order chi connectivity index (χ0) is 10.7. The van der Waals surface area contributed by atoms with Gasteiger partial charge >= 0.3 is 0 Å². The average Bonchev–Trinajstić information content (AvgIpc) is 2.77. The lowest BCUT2D eigenvalue weighted by atomic mass is 10.1. The van der Waals surface area contributed by atoms with Crippen molar-refractivity contribution in [2.24, 2.45) is 5.92 Å². The SMILES string of the molecule is Cc1nnc(NC(=O)CC2CCNC2)s1.